The molecule has 2 fully saturated rings. The maximum atomic E-state index is 14.8. The molecule has 1 spiro atoms. The van der Waals surface area contributed by atoms with Crippen LogP contribution < -0.4 is 4.90 Å². The molecular weight excluding hydrogens is 408 g/mol. The molecule has 0 bridgehead atoms. The summed E-state index contributed by atoms with van der Waals surface area (Å²) in [5, 5.41) is 4.66. The van der Waals surface area contributed by atoms with E-state index in [0.29, 0.717) is 56.3 Å². The van der Waals surface area contributed by atoms with E-state index in [4.69, 9.17) is 32.7 Å². The van der Waals surface area contributed by atoms with Crippen molar-refractivity contribution in [3.63, 3.8) is 0 Å². The van der Waals surface area contributed by atoms with Gasteiger partial charge < -0.3 is 14.4 Å². The lowest BCUT2D eigenvalue weighted by molar-refractivity contribution is -0.169. The second-order valence-corrected chi connectivity index (χ2v) is 7.53. The highest BCUT2D eigenvalue weighted by atomic mass is 35.5. The second-order valence-electron chi connectivity index (χ2n) is 6.76. The number of rotatable bonds is 2. The van der Waals surface area contributed by atoms with Crippen LogP contribution in [-0.4, -0.2) is 51.7 Å². The SMILES string of the molecule is Fc1cccc(Cl)c1-c1c(Cl)nc2ncnn2c1N1CCC2(CC1)OCCO2. The third-order valence-electron chi connectivity index (χ3n) is 5.21. The molecule has 0 N–H and O–H groups in total. The molecule has 0 amide bonds. The van der Waals surface area contributed by atoms with Gasteiger partial charge >= 0.3 is 0 Å². The molecule has 0 radical (unpaired) electrons. The predicted octanol–water partition coefficient (Wildman–Crippen LogP) is 3.58. The zero-order valence-electron chi connectivity index (χ0n) is 14.7. The number of anilines is 1. The Morgan fingerprint density at radius 2 is 1.82 bits per heavy atom. The van der Waals surface area contributed by atoms with E-state index in [9.17, 15) is 4.39 Å². The topological polar surface area (TPSA) is 64.8 Å². The molecule has 1 aromatic carbocycles. The van der Waals surface area contributed by atoms with Crippen molar-refractivity contribution in [2.45, 2.75) is 18.6 Å². The van der Waals surface area contributed by atoms with Gasteiger partial charge in [-0.2, -0.15) is 19.6 Å². The van der Waals surface area contributed by atoms with Gasteiger partial charge in [0, 0.05) is 31.5 Å². The van der Waals surface area contributed by atoms with Gasteiger partial charge in [0.25, 0.3) is 5.78 Å². The number of halogens is 3. The number of piperidine rings is 1. The molecule has 10 heteroatoms. The van der Waals surface area contributed by atoms with Crippen LogP contribution in [0.1, 0.15) is 12.8 Å². The van der Waals surface area contributed by atoms with Gasteiger partial charge in [-0.15, -0.1) is 0 Å². The molecular formula is C18H16Cl2FN5O2. The molecule has 28 heavy (non-hydrogen) atoms. The van der Waals surface area contributed by atoms with Gasteiger partial charge in [0.2, 0.25) is 0 Å². The summed E-state index contributed by atoms with van der Waals surface area (Å²) in [5.41, 5.74) is 0.592. The molecule has 3 aromatic rings. The first-order chi connectivity index (χ1) is 13.6. The molecule has 0 atom stereocenters. The van der Waals surface area contributed by atoms with Crippen LogP contribution in [0.3, 0.4) is 0 Å². The average Bonchev–Trinajstić information content (AvgIpc) is 3.32. The quantitative estimate of drug-likeness (QED) is 0.586. The smallest absolute Gasteiger partial charge is 0.255 e. The summed E-state index contributed by atoms with van der Waals surface area (Å²) in [7, 11) is 0. The fourth-order valence-corrected chi connectivity index (χ4v) is 4.40. The Labute approximate surface area is 170 Å². The first kappa shape index (κ1) is 18.1. The Balaban J connectivity index is 1.66. The van der Waals surface area contributed by atoms with Crippen molar-refractivity contribution in [1.29, 1.82) is 0 Å². The fourth-order valence-electron chi connectivity index (χ4n) is 3.89. The van der Waals surface area contributed by atoms with Crippen LogP contribution in [0.5, 0.6) is 0 Å². The lowest BCUT2D eigenvalue weighted by atomic mass is 10.0. The third-order valence-corrected chi connectivity index (χ3v) is 5.80. The average molecular weight is 424 g/mol. The van der Waals surface area contributed by atoms with Crippen LogP contribution in [0.15, 0.2) is 24.5 Å². The summed E-state index contributed by atoms with van der Waals surface area (Å²) >= 11 is 12.8. The van der Waals surface area contributed by atoms with Gasteiger partial charge in [-0.3, -0.25) is 0 Å². The predicted molar refractivity (Wildman–Crippen MR) is 102 cm³/mol. The van der Waals surface area contributed by atoms with Crippen molar-refractivity contribution < 1.29 is 13.9 Å². The first-order valence-electron chi connectivity index (χ1n) is 8.94. The zero-order valence-corrected chi connectivity index (χ0v) is 16.3. The summed E-state index contributed by atoms with van der Waals surface area (Å²) < 4.78 is 27.9. The largest absolute Gasteiger partial charge is 0.355 e. The summed E-state index contributed by atoms with van der Waals surface area (Å²) in [6.07, 6.45) is 2.74. The monoisotopic (exact) mass is 423 g/mol. The van der Waals surface area contributed by atoms with E-state index in [1.165, 1.54) is 12.4 Å². The van der Waals surface area contributed by atoms with E-state index in [1.54, 1.807) is 16.6 Å². The van der Waals surface area contributed by atoms with Crippen LogP contribution in [0.4, 0.5) is 10.2 Å². The summed E-state index contributed by atoms with van der Waals surface area (Å²) in [5.74, 6) is -0.0741. The molecule has 0 unspecified atom stereocenters. The minimum absolute atomic E-state index is 0.121. The molecule has 5 rings (SSSR count). The van der Waals surface area contributed by atoms with Gasteiger partial charge in [-0.25, -0.2) is 4.39 Å². The van der Waals surface area contributed by atoms with Crippen molar-refractivity contribution in [1.82, 2.24) is 19.6 Å². The summed E-state index contributed by atoms with van der Waals surface area (Å²) in [6, 6.07) is 4.52. The summed E-state index contributed by atoms with van der Waals surface area (Å²) in [6.45, 7) is 2.44. The van der Waals surface area contributed by atoms with E-state index >= 15 is 0 Å². The molecule has 2 saturated heterocycles. The van der Waals surface area contributed by atoms with Crippen LogP contribution in [-0.2, 0) is 9.47 Å². The Morgan fingerprint density at radius 3 is 2.54 bits per heavy atom. The number of hydrogen-bond acceptors (Lipinski definition) is 6. The third kappa shape index (κ3) is 2.83. The highest BCUT2D eigenvalue weighted by molar-refractivity contribution is 6.36. The van der Waals surface area contributed by atoms with Crippen molar-refractivity contribution in [3.8, 4) is 11.1 Å². The maximum absolute atomic E-state index is 14.8. The van der Waals surface area contributed by atoms with Crippen LogP contribution in [0.25, 0.3) is 16.9 Å². The standard InChI is InChI=1S/C18H16Cl2FN5O2/c19-11-2-1-3-12(21)13(11)14-15(20)24-17-22-10-23-26(17)16(14)25-6-4-18(5-7-25)27-8-9-28-18/h1-3,10H,4-9H2. The second kappa shape index (κ2) is 6.81. The number of hydrogen-bond donors (Lipinski definition) is 0. The van der Waals surface area contributed by atoms with Crippen LogP contribution in [0, 0.1) is 5.82 Å². The number of ether oxygens (including phenoxy) is 2. The number of benzene rings is 1. The zero-order chi connectivity index (χ0) is 19.3. The van der Waals surface area contributed by atoms with E-state index in [1.807, 2.05) is 0 Å². The Morgan fingerprint density at radius 1 is 1.07 bits per heavy atom. The van der Waals surface area contributed by atoms with Crippen molar-refractivity contribution in [3.05, 3.63) is 40.5 Å². The highest BCUT2D eigenvalue weighted by Gasteiger charge is 2.41. The van der Waals surface area contributed by atoms with Crippen molar-refractivity contribution >= 4 is 34.8 Å². The van der Waals surface area contributed by atoms with E-state index in [0.717, 1.165) is 0 Å². The molecule has 2 aliphatic rings. The lowest BCUT2D eigenvalue weighted by Gasteiger charge is -2.39. The maximum Gasteiger partial charge on any atom is 0.255 e. The van der Waals surface area contributed by atoms with E-state index < -0.39 is 11.6 Å². The normalized spacial score (nSPS) is 19.0. The molecule has 146 valence electrons. The van der Waals surface area contributed by atoms with Crippen molar-refractivity contribution in [2.75, 3.05) is 31.2 Å². The first-order valence-corrected chi connectivity index (χ1v) is 9.70. The molecule has 2 aromatic heterocycles. The Bertz CT molecular complexity index is 1020. The van der Waals surface area contributed by atoms with Crippen LogP contribution >= 0.6 is 23.2 Å². The lowest BCUT2D eigenvalue weighted by Crippen LogP contribution is -2.46. The van der Waals surface area contributed by atoms with E-state index in [2.05, 4.69) is 20.0 Å². The van der Waals surface area contributed by atoms with Gasteiger partial charge in [0.1, 0.15) is 23.1 Å². The number of aromatic nitrogens is 4. The molecule has 0 aliphatic carbocycles. The fraction of sp³-hybridized carbons (Fsp3) is 0.389. The van der Waals surface area contributed by atoms with E-state index in [-0.39, 0.29) is 15.7 Å². The molecule has 2 aliphatic heterocycles. The molecule has 4 heterocycles. The van der Waals surface area contributed by atoms with Gasteiger partial charge in [-0.1, -0.05) is 29.3 Å². The number of nitrogens with zero attached hydrogens (tertiary/aromatic N) is 5. The van der Waals surface area contributed by atoms with Crippen molar-refractivity contribution in [2.24, 2.45) is 0 Å². The highest BCUT2D eigenvalue weighted by Crippen LogP contribution is 2.43. The minimum Gasteiger partial charge on any atom is -0.355 e. The van der Waals surface area contributed by atoms with Gasteiger partial charge in [0.05, 0.1) is 23.8 Å². The molecule has 7 nitrogen and oxygen atoms in total. The van der Waals surface area contributed by atoms with Crippen LogP contribution in [0.2, 0.25) is 10.2 Å². The number of fused-ring (bicyclic) bond motifs is 1. The Hall–Kier alpha value is -2.00. The van der Waals surface area contributed by atoms with Gasteiger partial charge in [-0.05, 0) is 12.1 Å². The minimum atomic E-state index is -0.537. The Kier molecular flexibility index (Phi) is 4.39. The summed E-state index contributed by atoms with van der Waals surface area (Å²) in [4.78, 5) is 10.5. The van der Waals surface area contributed by atoms with Gasteiger partial charge in [0.15, 0.2) is 5.79 Å². The molecule has 0 saturated carbocycles.